The van der Waals surface area contributed by atoms with Crippen LogP contribution in [-0.2, 0) is 28.6 Å². The molecule has 6 atom stereocenters. The van der Waals surface area contributed by atoms with E-state index in [1.54, 1.807) is 19.9 Å². The molecule has 1 saturated heterocycles. The lowest BCUT2D eigenvalue weighted by atomic mass is 9.42. The number of ketones is 1. The van der Waals surface area contributed by atoms with Gasteiger partial charge in [0.1, 0.15) is 17.0 Å². The average molecular weight is 455 g/mol. The summed E-state index contributed by atoms with van der Waals surface area (Å²) in [7, 11) is 0. The van der Waals surface area contributed by atoms with Gasteiger partial charge in [0.25, 0.3) is 5.60 Å². The van der Waals surface area contributed by atoms with Crippen LogP contribution in [0.4, 0.5) is 0 Å². The zero-order chi connectivity index (χ0) is 24.2. The van der Waals surface area contributed by atoms with Crippen LogP contribution in [0, 0.1) is 22.7 Å². The first-order chi connectivity index (χ1) is 15.2. The van der Waals surface area contributed by atoms with Crippen LogP contribution in [-0.4, -0.2) is 34.5 Å². The molecule has 0 unspecified atom stereocenters. The lowest BCUT2D eigenvalue weighted by Crippen LogP contribution is -2.63. The van der Waals surface area contributed by atoms with Gasteiger partial charge in [0.2, 0.25) is 5.78 Å². The van der Waals surface area contributed by atoms with Crippen LogP contribution in [0.3, 0.4) is 0 Å². The Balaban J connectivity index is 1.64. The number of allylic oxidation sites excluding steroid dienone is 3. The van der Waals surface area contributed by atoms with E-state index in [0.29, 0.717) is 11.3 Å². The molecule has 0 amide bonds. The Morgan fingerprint density at radius 2 is 1.64 bits per heavy atom. The van der Waals surface area contributed by atoms with Gasteiger partial charge in [0, 0.05) is 23.0 Å². The lowest BCUT2D eigenvalue weighted by Gasteiger charge is -2.63. The molecule has 178 valence electrons. The molecule has 0 N–H and O–H groups in total. The third-order valence-electron chi connectivity index (χ3n) is 9.88. The maximum atomic E-state index is 13.4. The quantitative estimate of drug-likeness (QED) is 0.303. The third kappa shape index (κ3) is 2.53. The number of ether oxygens (including phenoxy) is 3. The van der Waals surface area contributed by atoms with E-state index in [9.17, 15) is 14.4 Å². The van der Waals surface area contributed by atoms with Gasteiger partial charge in [-0.3, -0.25) is 4.79 Å². The van der Waals surface area contributed by atoms with Crippen molar-refractivity contribution in [3.63, 3.8) is 0 Å². The Kier molecular flexibility index (Phi) is 4.34. The first-order valence-corrected chi connectivity index (χ1v) is 12.0. The minimum atomic E-state index is -1.59. The van der Waals surface area contributed by atoms with Gasteiger partial charge in [-0.05, 0) is 70.8 Å². The van der Waals surface area contributed by atoms with Gasteiger partial charge in [0.05, 0.1) is 6.42 Å². The number of hydrogen-bond donors (Lipinski definition) is 0. The van der Waals surface area contributed by atoms with Crippen LogP contribution in [0.15, 0.2) is 35.1 Å². The maximum absolute atomic E-state index is 13.4. The van der Waals surface area contributed by atoms with E-state index in [4.69, 9.17) is 14.2 Å². The van der Waals surface area contributed by atoms with Crippen LogP contribution in [0.5, 0.6) is 0 Å². The fourth-order valence-corrected chi connectivity index (χ4v) is 8.04. The van der Waals surface area contributed by atoms with E-state index >= 15 is 0 Å². The van der Waals surface area contributed by atoms with Crippen molar-refractivity contribution in [2.75, 3.05) is 0 Å². The van der Waals surface area contributed by atoms with Crippen molar-refractivity contribution in [3.05, 3.63) is 35.1 Å². The van der Waals surface area contributed by atoms with E-state index in [2.05, 4.69) is 19.9 Å². The highest BCUT2D eigenvalue weighted by Gasteiger charge is 2.75. The van der Waals surface area contributed by atoms with Crippen molar-refractivity contribution in [1.29, 1.82) is 0 Å². The molecule has 3 heterocycles. The summed E-state index contributed by atoms with van der Waals surface area (Å²) in [5.41, 5.74) is -2.45. The molecule has 0 aromatic heterocycles. The number of carbonyl (C=O) groups excluding carboxylic acids is 3. The Morgan fingerprint density at radius 3 is 2.27 bits per heavy atom. The average Bonchev–Trinajstić information content (AvgIpc) is 3.10. The summed E-state index contributed by atoms with van der Waals surface area (Å²) in [5.74, 6) is -0.477. The summed E-state index contributed by atoms with van der Waals surface area (Å²) >= 11 is 0. The molecular weight excluding hydrogens is 420 g/mol. The summed E-state index contributed by atoms with van der Waals surface area (Å²) in [4.78, 5) is 39.0. The van der Waals surface area contributed by atoms with Crippen molar-refractivity contribution in [1.82, 2.24) is 0 Å². The van der Waals surface area contributed by atoms with Gasteiger partial charge in [-0.25, -0.2) is 9.59 Å². The van der Waals surface area contributed by atoms with Crippen LogP contribution in [0.25, 0.3) is 0 Å². The number of fused-ring (bicyclic) bond motifs is 4. The summed E-state index contributed by atoms with van der Waals surface area (Å²) in [6.45, 7) is 13.8. The van der Waals surface area contributed by atoms with Crippen LogP contribution in [0.1, 0.15) is 74.1 Å². The molecule has 2 aliphatic carbocycles. The van der Waals surface area contributed by atoms with Gasteiger partial charge in [0.15, 0.2) is 0 Å². The molecule has 0 bridgehead atoms. The minimum absolute atomic E-state index is 0.0899. The SMILES string of the molecule is CC1=CC[C@@H]2[C@@]3(C)C=CC(=O)OC(C)(C)[C@@H]3CC[C@@]2(C)[C@@]12C[C@]1(OC(C)=C(C)C1=O)C(=O)O2. The van der Waals surface area contributed by atoms with Crippen molar-refractivity contribution in [3.8, 4) is 0 Å². The molecule has 5 rings (SSSR count). The topological polar surface area (TPSA) is 78.9 Å². The Morgan fingerprint density at radius 1 is 0.939 bits per heavy atom. The molecule has 2 fully saturated rings. The van der Waals surface area contributed by atoms with Gasteiger partial charge >= 0.3 is 11.9 Å². The minimum Gasteiger partial charge on any atom is -0.471 e. The highest BCUT2D eigenvalue weighted by Crippen LogP contribution is 2.69. The highest BCUT2D eigenvalue weighted by atomic mass is 16.6. The molecular formula is C27H34O6. The molecule has 2 spiro atoms. The van der Waals surface area contributed by atoms with Crippen molar-refractivity contribution < 1.29 is 28.6 Å². The molecule has 0 aromatic carbocycles. The molecule has 1 saturated carbocycles. The van der Waals surface area contributed by atoms with E-state index in [0.717, 1.165) is 24.8 Å². The zero-order valence-electron chi connectivity index (χ0n) is 20.7. The van der Waals surface area contributed by atoms with Gasteiger partial charge < -0.3 is 14.2 Å². The number of Topliss-reactive ketones (excluding diaryl/α,β-unsaturated/α-hetero) is 1. The second-order valence-corrected chi connectivity index (χ2v) is 11.7. The number of esters is 2. The van der Waals surface area contributed by atoms with E-state index in [1.165, 1.54) is 0 Å². The summed E-state index contributed by atoms with van der Waals surface area (Å²) in [5, 5.41) is 0. The smallest absolute Gasteiger partial charge is 0.359 e. The van der Waals surface area contributed by atoms with Crippen molar-refractivity contribution in [2.24, 2.45) is 22.7 Å². The second-order valence-electron chi connectivity index (χ2n) is 11.7. The van der Waals surface area contributed by atoms with Crippen LogP contribution in [0.2, 0.25) is 0 Å². The monoisotopic (exact) mass is 454 g/mol. The lowest BCUT2D eigenvalue weighted by molar-refractivity contribution is -0.196. The normalized spacial score (nSPS) is 45.9. The summed E-state index contributed by atoms with van der Waals surface area (Å²) in [6, 6.07) is 0. The zero-order valence-corrected chi connectivity index (χ0v) is 20.7. The molecule has 3 aliphatic heterocycles. The van der Waals surface area contributed by atoms with E-state index in [-0.39, 0.29) is 35.4 Å². The molecule has 6 nitrogen and oxygen atoms in total. The second kappa shape index (κ2) is 6.39. The van der Waals surface area contributed by atoms with E-state index in [1.807, 2.05) is 26.8 Å². The number of rotatable bonds is 0. The molecule has 0 radical (unpaired) electrons. The molecule has 5 aliphatic rings. The number of hydrogen-bond acceptors (Lipinski definition) is 6. The van der Waals surface area contributed by atoms with Crippen LogP contribution < -0.4 is 0 Å². The predicted octanol–water partition coefficient (Wildman–Crippen LogP) is 4.58. The maximum Gasteiger partial charge on any atom is 0.359 e. The van der Waals surface area contributed by atoms with Crippen molar-refractivity contribution in [2.45, 2.75) is 91.0 Å². The van der Waals surface area contributed by atoms with Gasteiger partial charge in [-0.1, -0.05) is 26.0 Å². The number of carbonyl (C=O) groups is 3. The Bertz CT molecular complexity index is 1080. The molecule has 33 heavy (non-hydrogen) atoms. The Labute approximate surface area is 195 Å². The van der Waals surface area contributed by atoms with E-state index < -0.39 is 28.2 Å². The van der Waals surface area contributed by atoms with Crippen molar-refractivity contribution >= 4 is 17.7 Å². The molecule has 6 heteroatoms. The number of cyclic esters (lactones) is 1. The Hall–Kier alpha value is -2.37. The largest absolute Gasteiger partial charge is 0.471 e. The predicted molar refractivity (Wildman–Crippen MR) is 121 cm³/mol. The summed E-state index contributed by atoms with van der Waals surface area (Å²) < 4.78 is 18.1. The standard InChI is InChI=1S/C27H34O6/c1-15-8-9-19-24(6)12-11-20(28)32-23(4,5)18(24)10-13-25(19,7)27(15)14-26(22(30)33-27)21(29)16(2)17(3)31-26/h8,11-12,18-19H,9-10,13-14H2,1-7H3/t18-,19+,24-,25+,26+,27+/m0/s1. The highest BCUT2D eigenvalue weighted by molar-refractivity contribution is 6.18. The van der Waals surface area contributed by atoms with Gasteiger partial charge in [-0.2, -0.15) is 0 Å². The van der Waals surface area contributed by atoms with Gasteiger partial charge in [-0.15, -0.1) is 0 Å². The van der Waals surface area contributed by atoms with Crippen LogP contribution >= 0.6 is 0 Å². The fraction of sp³-hybridized carbons (Fsp3) is 0.667. The summed E-state index contributed by atoms with van der Waals surface area (Å²) in [6.07, 6.45) is 8.35. The first kappa shape index (κ1) is 22.4. The molecule has 0 aromatic rings. The third-order valence-corrected chi connectivity index (χ3v) is 9.88. The fourth-order valence-electron chi connectivity index (χ4n) is 8.04. The first-order valence-electron chi connectivity index (χ1n) is 12.0.